The van der Waals surface area contributed by atoms with Crippen LogP contribution in [-0.2, 0) is 11.2 Å². The summed E-state index contributed by atoms with van der Waals surface area (Å²) < 4.78 is 43.3. The smallest absolute Gasteiger partial charge is 0.396 e. The molecule has 0 radical (unpaired) electrons. The summed E-state index contributed by atoms with van der Waals surface area (Å²) in [6.45, 7) is 1.83. The average Bonchev–Trinajstić information content (AvgIpc) is 2.71. The molecule has 0 fully saturated rings. The number of nitrogens with zero attached hydrogens (tertiary/aromatic N) is 1. The zero-order valence-corrected chi connectivity index (χ0v) is 10.5. The second-order valence-corrected chi connectivity index (χ2v) is 5.07. The molecule has 100 valence electrons. The largest absolute Gasteiger partial charge is 0.461 e. The number of aryl methyl sites for hydroxylation is 1. The number of ether oxygens (including phenoxy) is 1. The molecule has 0 bridgehead atoms. The third kappa shape index (κ3) is 2.50. The van der Waals surface area contributed by atoms with Gasteiger partial charge in [0.15, 0.2) is 0 Å². The van der Waals surface area contributed by atoms with Gasteiger partial charge in [0, 0.05) is 4.88 Å². The van der Waals surface area contributed by atoms with Crippen LogP contribution in [0.2, 0.25) is 0 Å². The van der Waals surface area contributed by atoms with Crippen molar-refractivity contribution in [3.8, 4) is 0 Å². The van der Waals surface area contributed by atoms with E-state index < -0.39 is 18.1 Å². The molecule has 3 nitrogen and oxygen atoms in total. The predicted octanol–water partition coefficient (Wildman–Crippen LogP) is 3.30. The van der Waals surface area contributed by atoms with Crippen LogP contribution in [-0.4, -0.2) is 23.7 Å². The fourth-order valence-electron chi connectivity index (χ4n) is 2.01. The summed E-state index contributed by atoms with van der Waals surface area (Å²) in [5.41, 5.74) is 0.400. The molecule has 1 heterocycles. The van der Waals surface area contributed by atoms with Gasteiger partial charge in [-0.25, -0.2) is 9.78 Å². The zero-order valence-electron chi connectivity index (χ0n) is 9.71. The number of aromatic nitrogens is 1. The number of esters is 1. The van der Waals surface area contributed by atoms with Crippen molar-refractivity contribution >= 4 is 17.3 Å². The van der Waals surface area contributed by atoms with Gasteiger partial charge in [0.25, 0.3) is 0 Å². The van der Waals surface area contributed by atoms with Gasteiger partial charge in [-0.2, -0.15) is 13.2 Å². The second kappa shape index (κ2) is 4.87. The minimum Gasteiger partial charge on any atom is -0.461 e. The SMILES string of the molecule is CCOC(=O)c1nc2c(s1)C(C(F)(F)F)CCC2. The lowest BCUT2D eigenvalue weighted by atomic mass is 9.91. The second-order valence-electron chi connectivity index (χ2n) is 4.04. The topological polar surface area (TPSA) is 39.2 Å². The first-order valence-electron chi connectivity index (χ1n) is 5.67. The highest BCUT2D eigenvalue weighted by Gasteiger charge is 2.44. The van der Waals surface area contributed by atoms with Crippen LogP contribution in [0.1, 0.15) is 46.1 Å². The molecule has 0 aromatic carbocycles. The molecule has 1 aromatic heterocycles. The molecular weight excluding hydrogens is 267 g/mol. The van der Waals surface area contributed by atoms with Crippen LogP contribution < -0.4 is 0 Å². The normalized spacial score (nSPS) is 19.4. The minimum atomic E-state index is -4.27. The van der Waals surface area contributed by atoms with Crippen LogP contribution in [0, 0.1) is 0 Å². The van der Waals surface area contributed by atoms with Gasteiger partial charge in [-0.15, -0.1) is 11.3 Å². The summed E-state index contributed by atoms with van der Waals surface area (Å²) >= 11 is 0.813. The molecule has 18 heavy (non-hydrogen) atoms. The molecule has 1 atom stereocenters. The molecule has 0 amide bonds. The van der Waals surface area contributed by atoms with Gasteiger partial charge in [0.05, 0.1) is 18.2 Å². The van der Waals surface area contributed by atoms with Crippen molar-refractivity contribution in [1.82, 2.24) is 4.98 Å². The quantitative estimate of drug-likeness (QED) is 0.780. The van der Waals surface area contributed by atoms with Crippen molar-refractivity contribution in [2.24, 2.45) is 0 Å². The molecular formula is C11H12F3NO2S. The fraction of sp³-hybridized carbons (Fsp3) is 0.636. The summed E-state index contributed by atoms with van der Waals surface area (Å²) in [5, 5.41) is 0.0259. The van der Waals surface area contributed by atoms with Gasteiger partial charge >= 0.3 is 12.1 Å². The third-order valence-electron chi connectivity index (χ3n) is 2.80. The molecule has 0 aliphatic heterocycles. The number of carbonyl (C=O) groups is 1. The van der Waals surface area contributed by atoms with Crippen LogP contribution in [0.5, 0.6) is 0 Å². The van der Waals surface area contributed by atoms with Gasteiger partial charge in [-0.1, -0.05) is 0 Å². The lowest BCUT2D eigenvalue weighted by molar-refractivity contribution is -0.152. The van der Waals surface area contributed by atoms with Gasteiger partial charge < -0.3 is 4.74 Å². The van der Waals surface area contributed by atoms with Gasteiger partial charge in [0.1, 0.15) is 0 Å². The number of fused-ring (bicyclic) bond motifs is 1. The number of thiazole rings is 1. The van der Waals surface area contributed by atoms with Crippen molar-refractivity contribution < 1.29 is 22.7 Å². The first-order chi connectivity index (χ1) is 8.43. The number of carbonyl (C=O) groups excluding carboxylic acids is 1. The monoisotopic (exact) mass is 279 g/mol. The Morgan fingerprint density at radius 2 is 2.28 bits per heavy atom. The number of alkyl halides is 3. The summed E-state index contributed by atoms with van der Waals surface area (Å²) in [5.74, 6) is -2.13. The van der Waals surface area contributed by atoms with E-state index in [0.29, 0.717) is 18.5 Å². The lowest BCUT2D eigenvalue weighted by Gasteiger charge is -2.23. The molecule has 1 aromatic rings. The van der Waals surface area contributed by atoms with Crippen LogP contribution in [0.15, 0.2) is 0 Å². The molecule has 0 spiro atoms. The molecule has 2 rings (SSSR count). The molecule has 7 heteroatoms. The highest BCUT2D eigenvalue weighted by Crippen LogP contribution is 2.45. The highest BCUT2D eigenvalue weighted by molar-refractivity contribution is 7.13. The molecule has 0 saturated heterocycles. The van der Waals surface area contributed by atoms with Crippen LogP contribution >= 0.6 is 11.3 Å². The standard InChI is InChI=1S/C11H12F3NO2S/c1-2-17-10(16)9-15-7-5-3-4-6(8(7)18-9)11(12,13)14/h6H,2-5H2,1H3. The summed E-state index contributed by atoms with van der Waals surface area (Å²) in [4.78, 5) is 15.6. The van der Waals surface area contributed by atoms with Gasteiger partial charge in [-0.05, 0) is 26.2 Å². The van der Waals surface area contributed by atoms with Crippen LogP contribution in [0.4, 0.5) is 13.2 Å². The van der Waals surface area contributed by atoms with Crippen molar-refractivity contribution in [2.45, 2.75) is 38.3 Å². The van der Waals surface area contributed by atoms with Crippen LogP contribution in [0.25, 0.3) is 0 Å². The number of hydrogen-bond donors (Lipinski definition) is 0. The Morgan fingerprint density at radius 3 is 2.89 bits per heavy atom. The van der Waals surface area contributed by atoms with Gasteiger partial charge in [-0.3, -0.25) is 0 Å². The Hall–Kier alpha value is -1.11. The maximum Gasteiger partial charge on any atom is 0.396 e. The minimum absolute atomic E-state index is 0.0259. The van der Waals surface area contributed by atoms with E-state index in [4.69, 9.17) is 4.74 Å². The summed E-state index contributed by atoms with van der Waals surface area (Å²) in [6, 6.07) is 0. The number of hydrogen-bond acceptors (Lipinski definition) is 4. The van der Waals surface area contributed by atoms with E-state index in [-0.39, 0.29) is 22.9 Å². The average molecular weight is 279 g/mol. The maximum absolute atomic E-state index is 12.8. The summed E-state index contributed by atoms with van der Waals surface area (Å²) in [6.07, 6.45) is -3.25. The van der Waals surface area contributed by atoms with Crippen LogP contribution in [0.3, 0.4) is 0 Å². The van der Waals surface area contributed by atoms with Crippen molar-refractivity contribution in [1.29, 1.82) is 0 Å². The first-order valence-corrected chi connectivity index (χ1v) is 6.48. The van der Waals surface area contributed by atoms with E-state index in [1.807, 2.05) is 0 Å². The van der Waals surface area contributed by atoms with Crippen molar-refractivity contribution in [2.75, 3.05) is 6.61 Å². The predicted molar refractivity (Wildman–Crippen MR) is 59.8 cm³/mol. The maximum atomic E-state index is 12.8. The molecule has 0 saturated carbocycles. The van der Waals surface area contributed by atoms with E-state index in [1.165, 1.54) is 0 Å². The van der Waals surface area contributed by atoms with Crippen molar-refractivity contribution in [3.05, 3.63) is 15.6 Å². The first kappa shape index (κ1) is 13.3. The molecule has 1 aliphatic rings. The van der Waals surface area contributed by atoms with E-state index in [2.05, 4.69) is 4.98 Å². The molecule has 1 aliphatic carbocycles. The summed E-state index contributed by atoms with van der Waals surface area (Å²) in [7, 11) is 0. The fourth-order valence-corrected chi connectivity index (χ4v) is 3.18. The Bertz CT molecular complexity index is 456. The Labute approximate surface area is 106 Å². The Morgan fingerprint density at radius 1 is 1.56 bits per heavy atom. The van der Waals surface area contributed by atoms with E-state index in [9.17, 15) is 18.0 Å². The van der Waals surface area contributed by atoms with E-state index >= 15 is 0 Å². The molecule has 1 unspecified atom stereocenters. The Balaban J connectivity index is 2.32. The lowest BCUT2D eigenvalue weighted by Crippen LogP contribution is -2.23. The zero-order chi connectivity index (χ0) is 13.3. The van der Waals surface area contributed by atoms with Crippen molar-refractivity contribution in [3.63, 3.8) is 0 Å². The van der Waals surface area contributed by atoms with E-state index in [0.717, 1.165) is 11.3 Å². The third-order valence-corrected chi connectivity index (χ3v) is 3.99. The number of rotatable bonds is 2. The number of halogens is 3. The van der Waals surface area contributed by atoms with Gasteiger partial charge in [0.2, 0.25) is 5.01 Å². The Kier molecular flexibility index (Phi) is 3.61. The highest BCUT2D eigenvalue weighted by atomic mass is 32.1. The van der Waals surface area contributed by atoms with E-state index in [1.54, 1.807) is 6.92 Å². The molecule has 0 N–H and O–H groups in total.